The van der Waals surface area contributed by atoms with E-state index < -0.39 is 12.0 Å². The molecular weight excluding hydrogens is 256 g/mol. The van der Waals surface area contributed by atoms with Gasteiger partial charge in [-0.05, 0) is 18.1 Å². The summed E-state index contributed by atoms with van der Waals surface area (Å²) in [7, 11) is 0. The minimum atomic E-state index is -0.796. The van der Waals surface area contributed by atoms with E-state index in [1.807, 2.05) is 36.1 Å². The lowest BCUT2D eigenvalue weighted by Crippen LogP contribution is -2.49. The van der Waals surface area contributed by atoms with E-state index in [1.54, 1.807) is 0 Å². The van der Waals surface area contributed by atoms with Gasteiger partial charge in [0.2, 0.25) is 0 Å². The van der Waals surface area contributed by atoms with E-state index in [0.29, 0.717) is 19.6 Å². The minimum absolute atomic E-state index is 0.153. The second kappa shape index (κ2) is 6.83. The van der Waals surface area contributed by atoms with Crippen molar-refractivity contribution in [2.45, 2.75) is 13.0 Å². The van der Waals surface area contributed by atoms with Gasteiger partial charge in [-0.15, -0.1) is 0 Å². The van der Waals surface area contributed by atoms with E-state index in [-0.39, 0.29) is 6.61 Å². The first-order valence-corrected chi connectivity index (χ1v) is 6.99. The van der Waals surface area contributed by atoms with Gasteiger partial charge in [-0.1, -0.05) is 24.3 Å². The van der Waals surface area contributed by atoms with E-state index >= 15 is 0 Å². The molecule has 2 rings (SSSR count). The molecule has 0 aromatic heterocycles. The molecule has 1 aromatic rings. The van der Waals surface area contributed by atoms with Crippen LogP contribution in [0.1, 0.15) is 17.2 Å². The molecule has 20 heavy (non-hydrogen) atoms. The van der Waals surface area contributed by atoms with Crippen molar-refractivity contribution in [2.75, 3.05) is 39.3 Å². The van der Waals surface area contributed by atoms with E-state index in [1.165, 1.54) is 0 Å². The maximum absolute atomic E-state index is 11.7. The van der Waals surface area contributed by atoms with Crippen LogP contribution in [0.15, 0.2) is 24.3 Å². The van der Waals surface area contributed by atoms with Crippen LogP contribution in [0.3, 0.4) is 0 Å². The molecule has 0 amide bonds. The maximum Gasteiger partial charge on any atom is 0.325 e. The molecule has 5 heteroatoms. The monoisotopic (exact) mass is 278 g/mol. The fraction of sp³-hybridized carbons (Fsp3) is 0.533. The summed E-state index contributed by atoms with van der Waals surface area (Å²) >= 11 is 0. The van der Waals surface area contributed by atoms with Crippen LogP contribution in [0, 0.1) is 6.92 Å². The number of aryl methyl sites for hydroxylation is 1. The van der Waals surface area contributed by atoms with Crippen molar-refractivity contribution in [1.82, 2.24) is 9.80 Å². The molecule has 2 N–H and O–H groups in total. The van der Waals surface area contributed by atoms with Gasteiger partial charge in [-0.25, -0.2) is 0 Å². The van der Waals surface area contributed by atoms with Crippen LogP contribution in [0.2, 0.25) is 0 Å². The zero-order valence-corrected chi connectivity index (χ0v) is 11.8. The summed E-state index contributed by atoms with van der Waals surface area (Å²) < 4.78 is 0. The van der Waals surface area contributed by atoms with Crippen LogP contribution >= 0.6 is 0 Å². The molecule has 0 aliphatic carbocycles. The maximum atomic E-state index is 11.7. The van der Waals surface area contributed by atoms with Gasteiger partial charge >= 0.3 is 5.97 Å². The lowest BCUT2D eigenvalue weighted by Gasteiger charge is -2.37. The molecule has 0 bridgehead atoms. The first kappa shape index (κ1) is 15.0. The Bertz CT molecular complexity index is 456. The fourth-order valence-electron chi connectivity index (χ4n) is 2.77. The molecule has 0 spiro atoms. The Kier molecular flexibility index (Phi) is 5.11. The largest absolute Gasteiger partial charge is 0.480 e. The average Bonchev–Trinajstić information content (AvgIpc) is 2.43. The Morgan fingerprint density at radius 1 is 1.25 bits per heavy atom. The van der Waals surface area contributed by atoms with Crippen molar-refractivity contribution >= 4 is 5.97 Å². The van der Waals surface area contributed by atoms with E-state index in [0.717, 1.165) is 24.2 Å². The van der Waals surface area contributed by atoms with Gasteiger partial charge in [0.1, 0.15) is 6.04 Å². The highest BCUT2D eigenvalue weighted by molar-refractivity contribution is 5.76. The van der Waals surface area contributed by atoms with Crippen molar-refractivity contribution in [2.24, 2.45) is 0 Å². The van der Waals surface area contributed by atoms with Crippen LogP contribution in [0.4, 0.5) is 0 Å². The lowest BCUT2D eigenvalue weighted by molar-refractivity contribution is -0.144. The van der Waals surface area contributed by atoms with Gasteiger partial charge < -0.3 is 10.2 Å². The zero-order valence-electron chi connectivity index (χ0n) is 11.8. The summed E-state index contributed by atoms with van der Waals surface area (Å²) in [5.74, 6) is -0.796. The Morgan fingerprint density at radius 2 is 1.90 bits per heavy atom. The molecule has 0 radical (unpaired) electrons. The zero-order chi connectivity index (χ0) is 14.5. The number of benzene rings is 1. The van der Waals surface area contributed by atoms with Gasteiger partial charge in [-0.2, -0.15) is 0 Å². The molecule has 1 unspecified atom stereocenters. The SMILES string of the molecule is Cc1ccccc1C(C(=O)O)N1CCN(CCO)CC1. The van der Waals surface area contributed by atoms with E-state index in [4.69, 9.17) is 5.11 Å². The Hall–Kier alpha value is -1.43. The molecule has 1 aliphatic rings. The highest BCUT2D eigenvalue weighted by Crippen LogP contribution is 2.25. The molecular formula is C15H22N2O3. The minimum Gasteiger partial charge on any atom is -0.480 e. The summed E-state index contributed by atoms with van der Waals surface area (Å²) in [6, 6.07) is 7.09. The van der Waals surface area contributed by atoms with Gasteiger partial charge in [0.25, 0.3) is 0 Å². The predicted molar refractivity (Wildman–Crippen MR) is 76.7 cm³/mol. The number of aliphatic hydroxyl groups is 1. The van der Waals surface area contributed by atoms with Gasteiger partial charge in [0, 0.05) is 32.7 Å². The molecule has 5 nitrogen and oxygen atoms in total. The number of carboxylic acids is 1. The van der Waals surface area contributed by atoms with Crippen LogP contribution < -0.4 is 0 Å². The number of carboxylic acid groups (broad SMARTS) is 1. The van der Waals surface area contributed by atoms with Crippen LogP contribution in [-0.2, 0) is 4.79 Å². The van der Waals surface area contributed by atoms with Gasteiger partial charge in [0.05, 0.1) is 6.61 Å². The molecule has 1 atom stereocenters. The van der Waals surface area contributed by atoms with Crippen LogP contribution in [0.25, 0.3) is 0 Å². The number of aliphatic hydroxyl groups excluding tert-OH is 1. The normalized spacial score (nSPS) is 18.9. The van der Waals surface area contributed by atoms with Gasteiger partial charge in [0.15, 0.2) is 0 Å². The fourth-order valence-corrected chi connectivity index (χ4v) is 2.77. The molecule has 1 aromatic carbocycles. The highest BCUT2D eigenvalue weighted by atomic mass is 16.4. The van der Waals surface area contributed by atoms with Crippen molar-refractivity contribution in [3.63, 3.8) is 0 Å². The second-order valence-electron chi connectivity index (χ2n) is 5.20. The van der Waals surface area contributed by atoms with Crippen LogP contribution in [0.5, 0.6) is 0 Å². The third-order valence-electron chi connectivity index (χ3n) is 3.91. The Balaban J connectivity index is 2.11. The molecule has 1 fully saturated rings. The van der Waals surface area contributed by atoms with Crippen LogP contribution in [-0.4, -0.2) is 65.3 Å². The number of piperazine rings is 1. The Morgan fingerprint density at radius 3 is 2.45 bits per heavy atom. The number of hydrogen-bond donors (Lipinski definition) is 2. The molecule has 0 saturated carbocycles. The highest BCUT2D eigenvalue weighted by Gasteiger charge is 2.30. The number of hydrogen-bond acceptors (Lipinski definition) is 4. The molecule has 1 saturated heterocycles. The topological polar surface area (TPSA) is 64.0 Å². The summed E-state index contributed by atoms with van der Waals surface area (Å²) in [5.41, 5.74) is 1.88. The van der Waals surface area contributed by atoms with Crippen molar-refractivity contribution in [3.8, 4) is 0 Å². The number of carbonyl (C=O) groups is 1. The third kappa shape index (κ3) is 3.36. The third-order valence-corrected chi connectivity index (χ3v) is 3.91. The smallest absolute Gasteiger partial charge is 0.325 e. The van der Waals surface area contributed by atoms with Crippen molar-refractivity contribution in [1.29, 1.82) is 0 Å². The number of nitrogens with zero attached hydrogens (tertiary/aromatic N) is 2. The number of β-amino-alcohol motifs (C(OH)–C–C–N with tert-alkyl or cyclic N) is 1. The summed E-state index contributed by atoms with van der Waals surface area (Å²) in [6.07, 6.45) is 0. The average molecular weight is 278 g/mol. The Labute approximate surface area is 119 Å². The first-order chi connectivity index (χ1) is 9.63. The predicted octanol–water partition coefficient (Wildman–Crippen LogP) is 0.731. The quantitative estimate of drug-likeness (QED) is 0.831. The summed E-state index contributed by atoms with van der Waals surface area (Å²) in [5, 5.41) is 18.5. The standard InChI is InChI=1S/C15H22N2O3/c1-12-4-2-3-5-13(12)14(15(19)20)17-8-6-16(7-9-17)10-11-18/h2-5,14,18H,6-11H2,1H3,(H,19,20). The lowest BCUT2D eigenvalue weighted by atomic mass is 9.99. The number of rotatable bonds is 5. The van der Waals surface area contributed by atoms with Crippen molar-refractivity contribution in [3.05, 3.63) is 35.4 Å². The summed E-state index contributed by atoms with van der Waals surface area (Å²) in [6.45, 7) is 5.80. The van der Waals surface area contributed by atoms with E-state index in [2.05, 4.69) is 4.90 Å². The molecule has 1 aliphatic heterocycles. The molecule has 1 heterocycles. The first-order valence-electron chi connectivity index (χ1n) is 6.99. The number of aliphatic carboxylic acids is 1. The summed E-state index contributed by atoms with van der Waals surface area (Å²) in [4.78, 5) is 15.8. The molecule has 110 valence electrons. The van der Waals surface area contributed by atoms with E-state index in [9.17, 15) is 9.90 Å². The second-order valence-corrected chi connectivity index (χ2v) is 5.20. The van der Waals surface area contributed by atoms with Gasteiger partial charge in [-0.3, -0.25) is 14.6 Å². The van der Waals surface area contributed by atoms with Crippen molar-refractivity contribution < 1.29 is 15.0 Å².